The van der Waals surface area contributed by atoms with Gasteiger partial charge < -0.3 is 4.98 Å². The zero-order valence-corrected chi connectivity index (χ0v) is 20.8. The van der Waals surface area contributed by atoms with Gasteiger partial charge in [-0.2, -0.15) is 5.10 Å². The van der Waals surface area contributed by atoms with Gasteiger partial charge in [0, 0.05) is 41.1 Å². The molecule has 0 bridgehead atoms. The van der Waals surface area contributed by atoms with Gasteiger partial charge >= 0.3 is 0 Å². The van der Waals surface area contributed by atoms with Gasteiger partial charge in [0.05, 0.1) is 21.1 Å². The van der Waals surface area contributed by atoms with Gasteiger partial charge in [0.2, 0.25) is 0 Å². The van der Waals surface area contributed by atoms with Crippen LogP contribution in [0.2, 0.25) is 4.34 Å². The molecule has 0 spiro atoms. The number of nitrogens with one attached hydrogen (secondary N) is 2. The minimum Gasteiger partial charge on any atom is -0.335 e. The van der Waals surface area contributed by atoms with Crippen LogP contribution in [-0.2, 0) is 6.54 Å². The molecule has 0 aliphatic carbocycles. The van der Waals surface area contributed by atoms with Crippen molar-refractivity contribution in [3.63, 3.8) is 0 Å². The van der Waals surface area contributed by atoms with E-state index in [0.29, 0.717) is 17.2 Å². The van der Waals surface area contributed by atoms with Crippen LogP contribution in [0.4, 0.5) is 0 Å². The second kappa shape index (κ2) is 8.77. The summed E-state index contributed by atoms with van der Waals surface area (Å²) in [7, 11) is 0. The number of fused-ring (bicyclic) bond motifs is 2. The summed E-state index contributed by atoms with van der Waals surface area (Å²) in [6.07, 6.45) is 8.12. The van der Waals surface area contributed by atoms with Gasteiger partial charge in [-0.1, -0.05) is 11.6 Å². The first kappa shape index (κ1) is 21.6. The number of halogens is 1. The van der Waals surface area contributed by atoms with Gasteiger partial charge in [-0.05, 0) is 67.9 Å². The molecular formula is C26H21ClN8S. The number of nitrogens with zero attached hydrogens (tertiary/aromatic N) is 6. The average molecular weight is 513 g/mol. The van der Waals surface area contributed by atoms with E-state index in [9.17, 15) is 0 Å². The predicted molar refractivity (Wildman–Crippen MR) is 143 cm³/mol. The summed E-state index contributed by atoms with van der Waals surface area (Å²) >= 11 is 7.70. The van der Waals surface area contributed by atoms with Crippen molar-refractivity contribution in [1.29, 1.82) is 0 Å². The van der Waals surface area contributed by atoms with E-state index < -0.39 is 0 Å². The van der Waals surface area contributed by atoms with Crippen LogP contribution < -0.4 is 0 Å². The molecule has 0 radical (unpaired) electrons. The Bertz CT molecular complexity index is 1710. The number of aromatic nitrogens is 7. The topological polar surface area (TPSA) is 99.3 Å². The zero-order chi connectivity index (χ0) is 24.1. The molecule has 8 nitrogen and oxygen atoms in total. The van der Waals surface area contributed by atoms with Crippen molar-refractivity contribution in [2.24, 2.45) is 0 Å². The third-order valence-electron chi connectivity index (χ3n) is 6.56. The van der Waals surface area contributed by atoms with Gasteiger partial charge in [-0.25, -0.2) is 15.0 Å². The Hall–Kier alpha value is -3.66. The van der Waals surface area contributed by atoms with Crippen LogP contribution in [-0.4, -0.2) is 53.1 Å². The van der Waals surface area contributed by atoms with Crippen molar-refractivity contribution >= 4 is 45.1 Å². The van der Waals surface area contributed by atoms with E-state index in [0.717, 1.165) is 62.2 Å². The highest BCUT2D eigenvalue weighted by Crippen LogP contribution is 2.35. The molecule has 1 aliphatic heterocycles. The highest BCUT2D eigenvalue weighted by Gasteiger charge is 2.18. The molecule has 7 rings (SSSR count). The molecule has 6 aromatic heterocycles. The summed E-state index contributed by atoms with van der Waals surface area (Å²) < 4.78 is 0.740. The normalized spacial score (nSPS) is 14.4. The summed E-state index contributed by atoms with van der Waals surface area (Å²) in [5, 5.41) is 7.63. The van der Waals surface area contributed by atoms with E-state index in [4.69, 9.17) is 21.6 Å². The molecule has 36 heavy (non-hydrogen) atoms. The summed E-state index contributed by atoms with van der Waals surface area (Å²) in [5.74, 6) is 0.615. The van der Waals surface area contributed by atoms with E-state index in [-0.39, 0.29) is 0 Å². The number of hydrogen-bond donors (Lipinski definition) is 2. The van der Waals surface area contributed by atoms with E-state index in [1.54, 1.807) is 6.20 Å². The molecule has 7 heterocycles. The maximum absolute atomic E-state index is 6.18. The minimum absolute atomic E-state index is 0.615. The van der Waals surface area contributed by atoms with Crippen LogP contribution in [0.15, 0.2) is 55.0 Å². The molecule has 0 amide bonds. The summed E-state index contributed by atoms with van der Waals surface area (Å²) in [6.45, 7) is 3.23. The van der Waals surface area contributed by atoms with E-state index >= 15 is 0 Å². The molecule has 6 aromatic rings. The molecule has 0 saturated carbocycles. The first-order chi connectivity index (χ1) is 17.7. The number of pyridine rings is 3. The number of rotatable bonds is 5. The van der Waals surface area contributed by atoms with Crippen molar-refractivity contribution in [3.8, 4) is 33.2 Å². The highest BCUT2D eigenvalue weighted by molar-refractivity contribution is 7.19. The lowest BCUT2D eigenvalue weighted by atomic mass is 10.1. The Morgan fingerprint density at radius 1 is 1.03 bits per heavy atom. The first-order valence-corrected chi connectivity index (χ1v) is 13.0. The van der Waals surface area contributed by atoms with E-state index in [1.165, 1.54) is 29.7 Å². The Kier molecular flexibility index (Phi) is 5.27. The Morgan fingerprint density at radius 2 is 1.94 bits per heavy atom. The van der Waals surface area contributed by atoms with Gasteiger partial charge in [0.25, 0.3) is 0 Å². The largest absolute Gasteiger partial charge is 0.335 e. The zero-order valence-electron chi connectivity index (χ0n) is 19.2. The first-order valence-electron chi connectivity index (χ1n) is 11.8. The molecule has 0 aromatic carbocycles. The maximum Gasteiger partial charge on any atom is 0.178 e. The van der Waals surface area contributed by atoms with Gasteiger partial charge in [0.15, 0.2) is 17.2 Å². The van der Waals surface area contributed by atoms with Crippen LogP contribution in [0.25, 0.3) is 55.4 Å². The summed E-state index contributed by atoms with van der Waals surface area (Å²) in [6, 6.07) is 12.1. The number of likely N-dealkylation sites (tertiary alicyclic amines) is 1. The van der Waals surface area contributed by atoms with Crippen LogP contribution in [0, 0.1) is 0 Å². The second-order valence-corrected chi connectivity index (χ2v) is 10.7. The fourth-order valence-electron chi connectivity index (χ4n) is 4.83. The fraction of sp³-hybridized carbons (Fsp3) is 0.192. The number of imidazole rings is 1. The lowest BCUT2D eigenvalue weighted by Crippen LogP contribution is -2.18. The molecule has 0 unspecified atom stereocenters. The van der Waals surface area contributed by atoms with Crippen LogP contribution in [0.1, 0.15) is 18.4 Å². The molecule has 10 heteroatoms. The van der Waals surface area contributed by atoms with E-state index in [1.807, 2.05) is 42.7 Å². The number of hydrogen-bond acceptors (Lipinski definition) is 7. The highest BCUT2D eigenvalue weighted by atomic mass is 35.5. The molecule has 178 valence electrons. The third kappa shape index (κ3) is 3.85. The van der Waals surface area contributed by atoms with E-state index in [2.05, 4.69) is 36.1 Å². The van der Waals surface area contributed by atoms with Gasteiger partial charge in [-0.15, -0.1) is 11.3 Å². The Balaban J connectivity index is 1.28. The monoisotopic (exact) mass is 512 g/mol. The second-order valence-electron chi connectivity index (χ2n) is 8.98. The number of thiophene rings is 1. The van der Waals surface area contributed by atoms with Crippen molar-refractivity contribution in [2.45, 2.75) is 19.4 Å². The third-order valence-corrected chi connectivity index (χ3v) is 7.82. The summed E-state index contributed by atoms with van der Waals surface area (Å²) in [5.41, 5.74) is 7.76. The fourth-order valence-corrected chi connectivity index (χ4v) is 5.90. The maximum atomic E-state index is 6.18. The molecule has 1 fully saturated rings. The van der Waals surface area contributed by atoms with Crippen LogP contribution in [0.5, 0.6) is 0 Å². The van der Waals surface area contributed by atoms with Gasteiger partial charge in [-0.3, -0.25) is 15.0 Å². The molecule has 0 atom stereocenters. The van der Waals surface area contributed by atoms with Crippen molar-refractivity contribution in [3.05, 3.63) is 64.9 Å². The smallest absolute Gasteiger partial charge is 0.178 e. The number of aromatic amines is 2. The van der Waals surface area contributed by atoms with Gasteiger partial charge in [0.1, 0.15) is 5.52 Å². The summed E-state index contributed by atoms with van der Waals surface area (Å²) in [4.78, 5) is 25.6. The average Bonchev–Trinajstić information content (AvgIpc) is 3.70. The minimum atomic E-state index is 0.615. The molecule has 1 aliphatic rings. The Labute approximate surface area is 215 Å². The molecule has 2 N–H and O–H groups in total. The van der Waals surface area contributed by atoms with Crippen LogP contribution >= 0.6 is 22.9 Å². The van der Waals surface area contributed by atoms with Crippen molar-refractivity contribution in [1.82, 2.24) is 40.0 Å². The van der Waals surface area contributed by atoms with Crippen molar-refractivity contribution in [2.75, 3.05) is 13.1 Å². The SMILES string of the molecule is Clc1ccc(-c2ccnc3nc(-c4n[nH]c5ccc(-c6cncc(CN7CCCC7)c6)nc45)[nH]c23)s1. The molecule has 1 saturated heterocycles. The molecular weight excluding hydrogens is 492 g/mol. The Morgan fingerprint density at radius 3 is 2.81 bits per heavy atom. The standard InChI is InChI=1S/C26H21ClN8S/c27-21-6-5-20(36-21)17-7-8-29-25-22(17)31-26(32-25)24-23-19(33-34-24)4-3-18(30-23)16-11-15(12-28-13-16)14-35-9-1-2-10-35/h3-8,11-13H,1-2,9-10,14H2,(H,33,34)(H,29,31,32). The lowest BCUT2D eigenvalue weighted by molar-refractivity contribution is 0.331. The van der Waals surface area contributed by atoms with Crippen LogP contribution in [0.3, 0.4) is 0 Å². The number of H-pyrrole nitrogens is 2. The predicted octanol–water partition coefficient (Wildman–Crippen LogP) is 5.94. The lowest BCUT2D eigenvalue weighted by Gasteiger charge is -2.14. The van der Waals surface area contributed by atoms with Crippen molar-refractivity contribution < 1.29 is 0 Å². The quantitative estimate of drug-likeness (QED) is 0.297.